The fraction of sp³-hybridized carbons (Fsp3) is 0.167. The summed E-state index contributed by atoms with van der Waals surface area (Å²) in [6.07, 6.45) is 0. The molecule has 0 bridgehead atoms. The van der Waals surface area contributed by atoms with Crippen molar-refractivity contribution in [1.82, 2.24) is 14.7 Å². The first-order valence-electron chi connectivity index (χ1n) is 5.36. The molecular formula is C12H12N4O. The molecule has 3 rings (SSSR count). The van der Waals surface area contributed by atoms with Crippen molar-refractivity contribution >= 4 is 11.7 Å². The maximum absolute atomic E-state index is 11.8. The van der Waals surface area contributed by atoms with Crippen LogP contribution in [0.15, 0.2) is 30.3 Å². The van der Waals surface area contributed by atoms with Crippen LogP contribution in [0.1, 0.15) is 16.1 Å². The average Bonchev–Trinajstić information content (AvgIpc) is 2.81. The van der Waals surface area contributed by atoms with Crippen LogP contribution < -0.4 is 5.73 Å². The van der Waals surface area contributed by atoms with E-state index in [4.69, 9.17) is 5.73 Å². The van der Waals surface area contributed by atoms with Crippen LogP contribution in [0.5, 0.6) is 0 Å². The van der Waals surface area contributed by atoms with Crippen LogP contribution >= 0.6 is 0 Å². The minimum atomic E-state index is -0.0682. The lowest BCUT2D eigenvalue weighted by atomic mass is 10.2. The van der Waals surface area contributed by atoms with Crippen molar-refractivity contribution in [3.05, 3.63) is 41.6 Å². The third kappa shape index (κ3) is 1.32. The maximum atomic E-state index is 11.8. The Labute approximate surface area is 98.4 Å². The second-order valence-electron chi connectivity index (χ2n) is 4.12. The number of benzene rings is 1. The molecule has 0 unspecified atom stereocenters. The Morgan fingerprint density at radius 1 is 1.29 bits per heavy atom. The fourth-order valence-electron chi connectivity index (χ4n) is 2.05. The SMILES string of the molecule is CN1Cc2c(nn(-c3ccccc3)c2N)C1=O. The molecule has 5 nitrogen and oxygen atoms in total. The quantitative estimate of drug-likeness (QED) is 0.793. The molecule has 0 atom stereocenters. The molecule has 0 saturated heterocycles. The van der Waals surface area contributed by atoms with Gasteiger partial charge in [0, 0.05) is 12.6 Å². The summed E-state index contributed by atoms with van der Waals surface area (Å²) in [7, 11) is 1.75. The third-order valence-electron chi connectivity index (χ3n) is 2.97. The van der Waals surface area contributed by atoms with E-state index in [1.807, 2.05) is 30.3 Å². The van der Waals surface area contributed by atoms with E-state index in [1.165, 1.54) is 0 Å². The number of aromatic nitrogens is 2. The van der Waals surface area contributed by atoms with Gasteiger partial charge in [0.25, 0.3) is 5.91 Å². The van der Waals surface area contributed by atoms with Gasteiger partial charge in [0.2, 0.25) is 0 Å². The van der Waals surface area contributed by atoms with E-state index in [9.17, 15) is 4.79 Å². The molecule has 86 valence electrons. The van der Waals surface area contributed by atoms with Gasteiger partial charge in [0.1, 0.15) is 5.82 Å². The van der Waals surface area contributed by atoms with Crippen molar-refractivity contribution in [3.63, 3.8) is 0 Å². The highest BCUT2D eigenvalue weighted by atomic mass is 16.2. The Morgan fingerprint density at radius 3 is 2.65 bits per heavy atom. The van der Waals surface area contributed by atoms with Gasteiger partial charge >= 0.3 is 0 Å². The van der Waals surface area contributed by atoms with E-state index >= 15 is 0 Å². The summed E-state index contributed by atoms with van der Waals surface area (Å²) in [6, 6.07) is 9.57. The number of nitrogens with two attached hydrogens (primary N) is 1. The van der Waals surface area contributed by atoms with E-state index in [2.05, 4.69) is 5.10 Å². The minimum absolute atomic E-state index is 0.0682. The van der Waals surface area contributed by atoms with E-state index in [0.29, 0.717) is 18.1 Å². The first-order valence-corrected chi connectivity index (χ1v) is 5.36. The van der Waals surface area contributed by atoms with Gasteiger partial charge in [-0.05, 0) is 12.1 Å². The van der Waals surface area contributed by atoms with Crippen LogP contribution in [0.2, 0.25) is 0 Å². The Morgan fingerprint density at radius 2 is 2.00 bits per heavy atom. The summed E-state index contributed by atoms with van der Waals surface area (Å²) in [4.78, 5) is 13.4. The van der Waals surface area contributed by atoms with E-state index < -0.39 is 0 Å². The summed E-state index contributed by atoms with van der Waals surface area (Å²) in [5, 5.41) is 4.29. The minimum Gasteiger partial charge on any atom is -0.383 e. The first-order chi connectivity index (χ1) is 8.18. The second-order valence-corrected chi connectivity index (χ2v) is 4.12. The molecule has 0 saturated carbocycles. The van der Waals surface area contributed by atoms with Crippen LogP contribution in [0.3, 0.4) is 0 Å². The molecule has 0 radical (unpaired) electrons. The molecule has 1 aliphatic heterocycles. The van der Waals surface area contributed by atoms with Crippen molar-refractivity contribution in [2.24, 2.45) is 0 Å². The van der Waals surface area contributed by atoms with E-state index in [0.717, 1.165) is 11.3 Å². The average molecular weight is 228 g/mol. The molecule has 1 aromatic heterocycles. The summed E-state index contributed by atoms with van der Waals surface area (Å²) < 4.78 is 1.62. The Hall–Kier alpha value is -2.30. The van der Waals surface area contributed by atoms with Crippen LogP contribution in [0, 0.1) is 0 Å². The number of hydrogen-bond donors (Lipinski definition) is 1. The molecule has 5 heteroatoms. The molecule has 0 fully saturated rings. The molecule has 1 aromatic carbocycles. The van der Waals surface area contributed by atoms with Crippen molar-refractivity contribution in [3.8, 4) is 5.69 Å². The van der Waals surface area contributed by atoms with Gasteiger partial charge in [-0.15, -0.1) is 0 Å². The van der Waals surface area contributed by atoms with E-state index in [1.54, 1.807) is 16.6 Å². The Bertz CT molecular complexity index is 588. The first kappa shape index (κ1) is 9.89. The van der Waals surface area contributed by atoms with Crippen molar-refractivity contribution in [1.29, 1.82) is 0 Å². The lowest BCUT2D eigenvalue weighted by molar-refractivity contribution is 0.0810. The number of carbonyl (C=O) groups excluding carboxylic acids is 1. The molecule has 17 heavy (non-hydrogen) atoms. The third-order valence-corrected chi connectivity index (χ3v) is 2.97. The number of nitrogen functional groups attached to an aromatic ring is 1. The van der Waals surface area contributed by atoms with Crippen LogP contribution in [0.25, 0.3) is 5.69 Å². The number of anilines is 1. The number of nitrogens with zero attached hydrogens (tertiary/aromatic N) is 3. The number of para-hydroxylation sites is 1. The van der Waals surface area contributed by atoms with Crippen LogP contribution in [-0.2, 0) is 6.54 Å². The highest BCUT2D eigenvalue weighted by Gasteiger charge is 2.31. The molecular weight excluding hydrogens is 216 g/mol. The molecule has 2 N–H and O–H groups in total. The Balaban J connectivity index is 2.15. The highest BCUT2D eigenvalue weighted by molar-refractivity contribution is 5.97. The van der Waals surface area contributed by atoms with Crippen molar-refractivity contribution in [2.45, 2.75) is 6.54 Å². The Kier molecular flexibility index (Phi) is 1.95. The standard InChI is InChI=1S/C12H12N4O/c1-15-7-9-10(12(15)17)14-16(11(9)13)8-5-3-2-4-6-8/h2-6H,7,13H2,1H3. The maximum Gasteiger partial charge on any atom is 0.274 e. The zero-order chi connectivity index (χ0) is 12.0. The van der Waals surface area contributed by atoms with Gasteiger partial charge in [-0.2, -0.15) is 5.10 Å². The number of amides is 1. The van der Waals surface area contributed by atoms with Crippen molar-refractivity contribution < 1.29 is 4.79 Å². The molecule has 2 heterocycles. The molecule has 1 aliphatic rings. The van der Waals surface area contributed by atoms with Crippen LogP contribution in [-0.4, -0.2) is 27.6 Å². The largest absolute Gasteiger partial charge is 0.383 e. The number of carbonyl (C=O) groups is 1. The van der Waals surface area contributed by atoms with Gasteiger partial charge in [-0.25, -0.2) is 4.68 Å². The summed E-state index contributed by atoms with van der Waals surface area (Å²) in [6.45, 7) is 0.535. The lowest BCUT2D eigenvalue weighted by Crippen LogP contribution is -2.20. The zero-order valence-electron chi connectivity index (χ0n) is 9.42. The molecule has 2 aromatic rings. The van der Waals surface area contributed by atoms with Gasteiger partial charge in [0.15, 0.2) is 5.69 Å². The zero-order valence-corrected chi connectivity index (χ0v) is 9.42. The molecule has 0 aliphatic carbocycles. The van der Waals surface area contributed by atoms with Gasteiger partial charge in [-0.3, -0.25) is 4.79 Å². The number of hydrogen-bond acceptors (Lipinski definition) is 3. The number of fused-ring (bicyclic) bond motifs is 1. The summed E-state index contributed by atoms with van der Waals surface area (Å²) in [5.41, 5.74) is 8.19. The topological polar surface area (TPSA) is 64.2 Å². The fourth-order valence-corrected chi connectivity index (χ4v) is 2.05. The highest BCUT2D eigenvalue weighted by Crippen LogP contribution is 2.27. The monoisotopic (exact) mass is 228 g/mol. The van der Waals surface area contributed by atoms with Crippen molar-refractivity contribution in [2.75, 3.05) is 12.8 Å². The van der Waals surface area contributed by atoms with Crippen LogP contribution in [0.4, 0.5) is 5.82 Å². The van der Waals surface area contributed by atoms with Gasteiger partial charge < -0.3 is 10.6 Å². The molecule has 0 spiro atoms. The number of rotatable bonds is 1. The predicted octanol–water partition coefficient (Wildman–Crippen LogP) is 1.04. The lowest BCUT2D eigenvalue weighted by Gasteiger charge is -2.09. The van der Waals surface area contributed by atoms with Gasteiger partial charge in [0.05, 0.1) is 12.2 Å². The predicted molar refractivity (Wildman–Crippen MR) is 63.8 cm³/mol. The second kappa shape index (κ2) is 3.35. The van der Waals surface area contributed by atoms with Gasteiger partial charge in [-0.1, -0.05) is 18.2 Å². The summed E-state index contributed by atoms with van der Waals surface area (Å²) >= 11 is 0. The molecule has 1 amide bonds. The van der Waals surface area contributed by atoms with E-state index in [-0.39, 0.29) is 5.91 Å². The normalized spacial score (nSPS) is 14.2. The summed E-state index contributed by atoms with van der Waals surface area (Å²) in [5.74, 6) is 0.477. The smallest absolute Gasteiger partial charge is 0.274 e.